The van der Waals surface area contributed by atoms with Crippen LogP contribution < -0.4 is 21.4 Å². The summed E-state index contributed by atoms with van der Waals surface area (Å²) in [5.41, 5.74) is -0.00736. The van der Waals surface area contributed by atoms with Crippen molar-refractivity contribution in [2.75, 3.05) is 6.54 Å². The number of carboxylic acids is 1. The highest BCUT2D eigenvalue weighted by molar-refractivity contribution is 5.92. The van der Waals surface area contributed by atoms with Gasteiger partial charge >= 0.3 is 5.97 Å². The Bertz CT molecular complexity index is 982. The summed E-state index contributed by atoms with van der Waals surface area (Å²) >= 11 is 0. The van der Waals surface area contributed by atoms with Crippen molar-refractivity contribution in [1.82, 2.24) is 30.5 Å². The number of rotatable bonds is 9. The van der Waals surface area contributed by atoms with Gasteiger partial charge in [-0.15, -0.1) is 0 Å². The summed E-state index contributed by atoms with van der Waals surface area (Å²) in [6, 6.07) is -1.71. The summed E-state index contributed by atoms with van der Waals surface area (Å²) < 4.78 is 1.28. The van der Waals surface area contributed by atoms with E-state index in [4.69, 9.17) is 0 Å². The number of aliphatic carboxylic acids is 1. The van der Waals surface area contributed by atoms with Crippen LogP contribution in [0.2, 0.25) is 0 Å². The first-order chi connectivity index (χ1) is 14.8. The van der Waals surface area contributed by atoms with Crippen LogP contribution >= 0.6 is 0 Å². The minimum atomic E-state index is -1.36. The lowest BCUT2D eigenvalue weighted by molar-refractivity contribution is -0.142. The van der Waals surface area contributed by atoms with E-state index in [1.165, 1.54) is 23.3 Å². The Kier molecular flexibility index (Phi) is 7.03. The van der Waals surface area contributed by atoms with E-state index in [2.05, 4.69) is 25.9 Å². The van der Waals surface area contributed by atoms with Gasteiger partial charge in [-0.2, -0.15) is 0 Å². The number of H-pyrrole nitrogens is 1. The molecule has 1 aliphatic rings. The number of carboxylic acid groups (broad SMARTS) is 1. The molecule has 31 heavy (non-hydrogen) atoms. The molecule has 0 saturated carbocycles. The highest BCUT2D eigenvalue weighted by Gasteiger charge is 2.30. The molecular weight excluding hydrogens is 408 g/mol. The monoisotopic (exact) mass is 432 g/mol. The van der Waals surface area contributed by atoms with Crippen LogP contribution in [0.3, 0.4) is 0 Å². The molecule has 1 fully saturated rings. The predicted molar refractivity (Wildman–Crippen MR) is 107 cm³/mol. The van der Waals surface area contributed by atoms with Gasteiger partial charge in [-0.1, -0.05) is 0 Å². The van der Waals surface area contributed by atoms with E-state index in [9.17, 15) is 29.4 Å². The molecule has 0 spiro atoms. The smallest absolute Gasteiger partial charge is 0.328 e. The van der Waals surface area contributed by atoms with Gasteiger partial charge in [-0.25, -0.2) is 9.78 Å². The number of nitrogens with zero attached hydrogens (tertiary/aromatic N) is 2. The number of imidazole rings is 1. The maximum atomic E-state index is 12.9. The first kappa shape index (κ1) is 22.0. The largest absolute Gasteiger partial charge is 0.503 e. The fourth-order valence-electron chi connectivity index (χ4n) is 3.30. The Hall–Kier alpha value is -3.67. The number of amides is 2. The van der Waals surface area contributed by atoms with Gasteiger partial charge in [-0.3, -0.25) is 14.4 Å². The van der Waals surface area contributed by atoms with E-state index < -0.39 is 41.2 Å². The van der Waals surface area contributed by atoms with Gasteiger partial charge < -0.3 is 35.7 Å². The van der Waals surface area contributed by atoms with Gasteiger partial charge in [0.05, 0.1) is 18.9 Å². The average molecular weight is 432 g/mol. The molecule has 166 valence electrons. The zero-order valence-electron chi connectivity index (χ0n) is 16.6. The topological polar surface area (TPSA) is 178 Å². The van der Waals surface area contributed by atoms with Crippen LogP contribution in [-0.4, -0.2) is 67.2 Å². The van der Waals surface area contributed by atoms with Crippen LogP contribution in [0.25, 0.3) is 0 Å². The quantitative estimate of drug-likeness (QED) is 0.272. The number of pyridine rings is 1. The number of carbonyl (C=O) groups is 3. The van der Waals surface area contributed by atoms with Crippen molar-refractivity contribution in [2.45, 2.75) is 43.9 Å². The van der Waals surface area contributed by atoms with Crippen LogP contribution in [-0.2, 0) is 27.3 Å². The zero-order chi connectivity index (χ0) is 22.4. The van der Waals surface area contributed by atoms with Gasteiger partial charge in [-0.05, 0) is 19.4 Å². The second-order valence-electron chi connectivity index (χ2n) is 7.28. The Labute approximate surface area is 176 Å². The molecule has 12 heteroatoms. The molecule has 1 saturated heterocycles. The summed E-state index contributed by atoms with van der Waals surface area (Å²) in [7, 11) is 0. The molecule has 3 heterocycles. The molecule has 0 aliphatic carbocycles. The van der Waals surface area contributed by atoms with Crippen molar-refractivity contribution in [2.24, 2.45) is 0 Å². The third-order valence-electron chi connectivity index (χ3n) is 4.95. The Morgan fingerprint density at radius 3 is 2.71 bits per heavy atom. The van der Waals surface area contributed by atoms with Gasteiger partial charge in [0.25, 0.3) is 0 Å². The molecular formula is C19H24N6O6. The minimum absolute atomic E-state index is 0.0927. The van der Waals surface area contributed by atoms with Crippen molar-refractivity contribution < 1.29 is 24.6 Å². The molecule has 2 aromatic rings. The van der Waals surface area contributed by atoms with Gasteiger partial charge in [0, 0.05) is 36.8 Å². The summed E-state index contributed by atoms with van der Waals surface area (Å²) in [4.78, 5) is 55.2. The van der Waals surface area contributed by atoms with Crippen LogP contribution in [0.1, 0.15) is 18.5 Å². The minimum Gasteiger partial charge on any atom is -0.503 e. The van der Waals surface area contributed by atoms with Gasteiger partial charge in [0.15, 0.2) is 5.75 Å². The van der Waals surface area contributed by atoms with E-state index in [-0.39, 0.29) is 18.9 Å². The van der Waals surface area contributed by atoms with Crippen LogP contribution in [0.4, 0.5) is 0 Å². The lowest BCUT2D eigenvalue weighted by Gasteiger charge is -2.23. The normalized spacial score (nSPS) is 17.6. The van der Waals surface area contributed by atoms with Crippen LogP contribution in [0, 0.1) is 0 Å². The molecule has 1 aliphatic heterocycles. The van der Waals surface area contributed by atoms with E-state index in [1.54, 1.807) is 0 Å². The first-order valence-corrected chi connectivity index (χ1v) is 9.76. The molecule has 3 atom stereocenters. The number of nitrogens with one attached hydrogen (secondary N) is 4. The number of hydrogen-bond acceptors (Lipinski definition) is 7. The maximum Gasteiger partial charge on any atom is 0.328 e. The van der Waals surface area contributed by atoms with Crippen molar-refractivity contribution >= 4 is 17.8 Å². The summed E-state index contributed by atoms with van der Waals surface area (Å²) in [6.07, 6.45) is 6.93. The number of aromatic amines is 1. The molecule has 6 N–H and O–H groups in total. The lowest BCUT2D eigenvalue weighted by atomic mass is 10.1. The first-order valence-electron chi connectivity index (χ1n) is 9.76. The maximum absolute atomic E-state index is 12.9. The fourth-order valence-corrected chi connectivity index (χ4v) is 3.30. The molecule has 0 bridgehead atoms. The number of aromatic nitrogens is 3. The highest BCUT2D eigenvalue weighted by atomic mass is 16.4. The predicted octanol–water partition coefficient (Wildman–Crippen LogP) is -1.67. The summed E-state index contributed by atoms with van der Waals surface area (Å²) in [5, 5.41) is 27.2. The highest BCUT2D eigenvalue weighted by Crippen LogP contribution is 2.07. The van der Waals surface area contributed by atoms with E-state index in [1.807, 2.05) is 0 Å². The Morgan fingerprint density at radius 1 is 1.29 bits per heavy atom. The van der Waals surface area contributed by atoms with Crippen molar-refractivity contribution in [3.63, 3.8) is 0 Å². The second-order valence-corrected chi connectivity index (χ2v) is 7.28. The molecule has 0 radical (unpaired) electrons. The molecule has 2 amide bonds. The summed E-state index contributed by atoms with van der Waals surface area (Å²) in [5.74, 6) is -2.87. The van der Waals surface area contributed by atoms with E-state index in [0.717, 1.165) is 18.7 Å². The third kappa shape index (κ3) is 5.92. The van der Waals surface area contributed by atoms with Crippen LogP contribution in [0.5, 0.6) is 5.75 Å². The van der Waals surface area contributed by atoms with Crippen molar-refractivity contribution in [3.8, 4) is 5.75 Å². The SMILES string of the molecule is O=C(O)C(Cn1ccc(=O)c(O)c1)NC(=O)[C@H](Cc1cnc[nH]1)NC(=O)[C@@H]1CCCN1. The molecule has 2 aromatic heterocycles. The van der Waals surface area contributed by atoms with Crippen molar-refractivity contribution in [3.05, 3.63) is 46.9 Å². The zero-order valence-corrected chi connectivity index (χ0v) is 16.6. The Morgan fingerprint density at radius 2 is 2.10 bits per heavy atom. The fraction of sp³-hybridized carbons (Fsp3) is 0.421. The third-order valence-corrected chi connectivity index (χ3v) is 4.95. The van der Waals surface area contributed by atoms with Crippen molar-refractivity contribution in [1.29, 1.82) is 0 Å². The number of carbonyl (C=O) groups excluding carboxylic acids is 2. The van der Waals surface area contributed by atoms with E-state index >= 15 is 0 Å². The lowest BCUT2D eigenvalue weighted by Crippen LogP contribution is -2.55. The van der Waals surface area contributed by atoms with Gasteiger partial charge in [0.2, 0.25) is 17.2 Å². The van der Waals surface area contributed by atoms with Gasteiger partial charge in [0.1, 0.15) is 12.1 Å². The second kappa shape index (κ2) is 9.89. The average Bonchev–Trinajstić information content (AvgIpc) is 3.43. The Balaban J connectivity index is 1.72. The number of hydrogen-bond donors (Lipinski definition) is 6. The van der Waals surface area contributed by atoms with Crippen LogP contribution in [0.15, 0.2) is 35.8 Å². The molecule has 3 rings (SSSR count). The van der Waals surface area contributed by atoms with E-state index in [0.29, 0.717) is 18.7 Å². The standard InChI is InChI=1S/C19H24N6O6/c26-15-3-5-25(9-16(15)27)8-14(19(30)31)24-18(29)13(6-11-7-20-10-22-11)23-17(28)12-2-1-4-21-12/h3,5,7,9-10,12-14,21,27H,1-2,4,6,8H2,(H,20,22)(H,23,28)(H,24,29)(H,30,31)/t12-,13-,14?/m0/s1. The molecule has 12 nitrogen and oxygen atoms in total. The molecule has 0 aromatic carbocycles. The molecule has 1 unspecified atom stereocenters. The number of aromatic hydroxyl groups is 1. The summed E-state index contributed by atoms with van der Waals surface area (Å²) in [6.45, 7) is 0.479.